The molecular weight excluding hydrogens is 380 g/mol. The molecule has 8 nitrogen and oxygen atoms in total. The van der Waals surface area contributed by atoms with E-state index in [2.05, 4.69) is 19.7 Å². The molecule has 1 heterocycles. The summed E-state index contributed by atoms with van der Waals surface area (Å²) in [7, 11) is 0. The lowest BCUT2D eigenvalue weighted by molar-refractivity contribution is -0.227. The van der Waals surface area contributed by atoms with E-state index in [0.29, 0.717) is 6.29 Å². The van der Waals surface area contributed by atoms with Crippen LogP contribution in [0.1, 0.15) is 27.7 Å². The Morgan fingerprint density at radius 3 is 2.31 bits per heavy atom. The average Bonchev–Trinajstić information content (AvgIpc) is 2.61. The van der Waals surface area contributed by atoms with Gasteiger partial charge in [-0.25, -0.2) is 9.59 Å². The van der Waals surface area contributed by atoms with Crippen molar-refractivity contribution in [3.8, 4) is 0 Å². The zero-order valence-electron chi connectivity index (χ0n) is 17.0. The number of esters is 3. The first-order valence-corrected chi connectivity index (χ1v) is 9.07. The topological polar surface area (TPSA) is 116 Å². The van der Waals surface area contributed by atoms with Gasteiger partial charge in [0.2, 0.25) is 0 Å². The third kappa shape index (κ3) is 3.76. The van der Waals surface area contributed by atoms with E-state index in [0.717, 1.165) is 0 Å². The molecule has 0 amide bonds. The normalized spacial score (nSPS) is 33.9. The molecule has 6 atom stereocenters. The number of carbonyl (C=O) groups excluding carboxylic acids is 4. The van der Waals surface area contributed by atoms with Gasteiger partial charge in [0, 0.05) is 23.8 Å². The van der Waals surface area contributed by atoms with Crippen LogP contribution in [0.4, 0.5) is 0 Å². The number of ether oxygens (including phenoxy) is 3. The summed E-state index contributed by atoms with van der Waals surface area (Å²) in [4.78, 5) is 48.3. The van der Waals surface area contributed by atoms with Crippen LogP contribution in [0.2, 0.25) is 0 Å². The molecule has 0 radical (unpaired) electrons. The fourth-order valence-corrected chi connectivity index (χ4v) is 4.05. The van der Waals surface area contributed by atoms with E-state index in [4.69, 9.17) is 14.2 Å². The first kappa shape index (κ1) is 22.5. The quantitative estimate of drug-likeness (QED) is 0.231. The van der Waals surface area contributed by atoms with Gasteiger partial charge < -0.3 is 19.3 Å². The molecule has 1 aliphatic heterocycles. The molecule has 2 aliphatic rings. The summed E-state index contributed by atoms with van der Waals surface area (Å²) >= 11 is 0. The summed E-state index contributed by atoms with van der Waals surface area (Å²) in [5, 5.41) is 10.1. The smallest absolute Gasteiger partial charge is 0.337 e. The summed E-state index contributed by atoms with van der Waals surface area (Å²) in [6, 6.07) is 0. The van der Waals surface area contributed by atoms with Crippen LogP contribution in [0, 0.1) is 17.3 Å². The minimum Gasteiger partial charge on any atom is -0.459 e. The van der Waals surface area contributed by atoms with E-state index < -0.39 is 59.1 Å². The van der Waals surface area contributed by atoms with Crippen LogP contribution >= 0.6 is 0 Å². The average molecular weight is 406 g/mol. The second kappa shape index (κ2) is 7.59. The monoisotopic (exact) mass is 406 g/mol. The number of aldehydes is 1. The van der Waals surface area contributed by atoms with Gasteiger partial charge in [-0.3, -0.25) is 9.59 Å². The maximum atomic E-state index is 12.5. The molecule has 1 N–H and O–H groups in total. The molecule has 158 valence electrons. The van der Waals surface area contributed by atoms with Crippen LogP contribution in [-0.4, -0.2) is 53.2 Å². The van der Waals surface area contributed by atoms with Crippen LogP contribution in [-0.2, 0) is 33.4 Å². The van der Waals surface area contributed by atoms with Crippen molar-refractivity contribution >= 4 is 24.2 Å². The van der Waals surface area contributed by atoms with Crippen molar-refractivity contribution in [2.45, 2.75) is 51.6 Å². The minimum atomic E-state index is -1.85. The molecule has 2 fully saturated rings. The maximum Gasteiger partial charge on any atom is 0.337 e. The van der Waals surface area contributed by atoms with Gasteiger partial charge >= 0.3 is 17.9 Å². The molecule has 1 saturated carbocycles. The van der Waals surface area contributed by atoms with Crippen molar-refractivity contribution in [3.05, 3.63) is 37.0 Å². The summed E-state index contributed by atoms with van der Waals surface area (Å²) in [5.41, 5.74) is -3.02. The minimum absolute atomic E-state index is 0.0722. The van der Waals surface area contributed by atoms with Gasteiger partial charge in [0.05, 0.1) is 5.92 Å². The highest BCUT2D eigenvalue weighted by Crippen LogP contribution is 2.54. The lowest BCUT2D eigenvalue weighted by atomic mass is 9.55. The Bertz CT molecular complexity index is 789. The molecule has 0 aromatic rings. The SMILES string of the molecule is C=C[C@@]1(C)[C@H]2OC(=O)C(=C)[C@H]([C@@H]2OC(C)=O)[C@H](OC(=O)C(C)(C)O)[C@@H]1C(=C)C=O. The predicted molar refractivity (Wildman–Crippen MR) is 101 cm³/mol. The second-order valence-electron chi connectivity index (χ2n) is 8.12. The summed E-state index contributed by atoms with van der Waals surface area (Å²) in [5.74, 6) is -4.22. The van der Waals surface area contributed by atoms with Crippen LogP contribution < -0.4 is 0 Å². The van der Waals surface area contributed by atoms with Gasteiger partial charge in [-0.05, 0) is 19.4 Å². The lowest BCUT2D eigenvalue weighted by Crippen LogP contribution is -2.67. The summed E-state index contributed by atoms with van der Waals surface area (Å²) in [6.45, 7) is 16.6. The largest absolute Gasteiger partial charge is 0.459 e. The number of hydrogen-bond acceptors (Lipinski definition) is 8. The van der Waals surface area contributed by atoms with Gasteiger partial charge in [0.15, 0.2) is 11.7 Å². The molecule has 0 aromatic heterocycles. The number of fused-ring (bicyclic) bond motifs is 2. The zero-order valence-corrected chi connectivity index (χ0v) is 17.0. The van der Waals surface area contributed by atoms with Gasteiger partial charge in [0.25, 0.3) is 0 Å². The molecule has 1 saturated heterocycles. The lowest BCUT2D eigenvalue weighted by Gasteiger charge is -2.56. The molecule has 29 heavy (non-hydrogen) atoms. The Kier molecular flexibility index (Phi) is 5.90. The Morgan fingerprint density at radius 1 is 1.28 bits per heavy atom. The van der Waals surface area contributed by atoms with Crippen LogP contribution in [0.5, 0.6) is 0 Å². The Balaban J connectivity index is 2.72. The molecule has 1 aliphatic carbocycles. The fourth-order valence-electron chi connectivity index (χ4n) is 4.05. The first-order valence-electron chi connectivity index (χ1n) is 9.07. The van der Waals surface area contributed by atoms with E-state index in [-0.39, 0.29) is 11.1 Å². The van der Waals surface area contributed by atoms with E-state index >= 15 is 0 Å². The van der Waals surface area contributed by atoms with Crippen LogP contribution in [0.25, 0.3) is 0 Å². The van der Waals surface area contributed by atoms with E-state index in [1.165, 1.54) is 26.8 Å². The second-order valence-corrected chi connectivity index (χ2v) is 8.12. The number of hydrogen-bond donors (Lipinski definition) is 1. The van der Waals surface area contributed by atoms with Crippen molar-refractivity contribution in [3.63, 3.8) is 0 Å². The van der Waals surface area contributed by atoms with Crippen molar-refractivity contribution in [2.75, 3.05) is 0 Å². The highest BCUT2D eigenvalue weighted by atomic mass is 16.6. The van der Waals surface area contributed by atoms with Gasteiger partial charge in [0.1, 0.15) is 18.5 Å². The standard InChI is InChI=1S/C21H26O8/c1-8-21(7)14(10(2)9-22)15(28-19(25)20(5,6)26)13-11(3)18(24)29-17(21)16(13)27-12(4)23/h8-9,13-17,26H,1-3H2,4-7H3/t13-,14-,15-,16-,17-,21+/m0/s1. The predicted octanol–water partition coefficient (Wildman–Crippen LogP) is 1.28. The van der Waals surface area contributed by atoms with Crippen molar-refractivity contribution in [1.82, 2.24) is 0 Å². The summed E-state index contributed by atoms with van der Waals surface area (Å²) < 4.78 is 16.5. The molecule has 2 bridgehead atoms. The van der Waals surface area contributed by atoms with Crippen molar-refractivity contribution in [2.24, 2.45) is 17.3 Å². The van der Waals surface area contributed by atoms with Gasteiger partial charge in [-0.2, -0.15) is 0 Å². The van der Waals surface area contributed by atoms with E-state index in [9.17, 15) is 24.3 Å². The van der Waals surface area contributed by atoms with E-state index in [1.807, 2.05) is 0 Å². The third-order valence-corrected chi connectivity index (χ3v) is 5.55. The Morgan fingerprint density at radius 2 is 1.86 bits per heavy atom. The van der Waals surface area contributed by atoms with E-state index in [1.54, 1.807) is 6.92 Å². The Hall–Kier alpha value is -2.74. The molecule has 8 heteroatoms. The van der Waals surface area contributed by atoms with Gasteiger partial charge in [-0.15, -0.1) is 6.58 Å². The Labute approximate surface area is 169 Å². The van der Waals surface area contributed by atoms with Crippen LogP contribution in [0.3, 0.4) is 0 Å². The van der Waals surface area contributed by atoms with Crippen molar-refractivity contribution in [1.29, 1.82) is 0 Å². The third-order valence-electron chi connectivity index (χ3n) is 5.55. The number of carbonyl (C=O) groups is 4. The van der Waals surface area contributed by atoms with Gasteiger partial charge in [-0.1, -0.05) is 26.2 Å². The highest BCUT2D eigenvalue weighted by molar-refractivity contribution is 5.90. The molecule has 2 rings (SSSR count). The molecule has 0 spiro atoms. The maximum absolute atomic E-state index is 12.5. The highest BCUT2D eigenvalue weighted by Gasteiger charge is 2.65. The van der Waals surface area contributed by atoms with Crippen LogP contribution in [0.15, 0.2) is 37.0 Å². The first-order chi connectivity index (χ1) is 13.3. The fraction of sp³-hybridized carbons (Fsp3) is 0.524. The number of aliphatic hydroxyl groups is 1. The molecule has 0 aromatic carbocycles. The summed E-state index contributed by atoms with van der Waals surface area (Å²) in [6.07, 6.45) is -1.25. The molecular formula is C21H26O8. The zero-order chi connectivity index (χ0) is 22.3. The molecule has 0 unspecified atom stereocenters. The number of rotatable bonds is 6. The van der Waals surface area contributed by atoms with Crippen molar-refractivity contribution < 1.29 is 38.5 Å².